The molecule has 1 fully saturated rings. The van der Waals surface area contributed by atoms with Crippen LogP contribution in [0.25, 0.3) is 0 Å². The van der Waals surface area contributed by atoms with Gasteiger partial charge in [0.15, 0.2) is 6.29 Å². The SMILES string of the molecule is CCOP(OCC)OC1O[C@H](COCc2ccc(Cl)cc2)[C@@H](OCc2ccc(Cl)cc2)[C@H](OCc2ccc(Cl)cc2)[C@H]1OCc1ccc(Cl)cc1. The molecule has 4 aromatic carbocycles. The van der Waals surface area contributed by atoms with Crippen LogP contribution in [0.4, 0.5) is 0 Å². The Morgan fingerprint density at radius 1 is 0.510 bits per heavy atom. The smallest absolute Gasteiger partial charge is 0.335 e. The lowest BCUT2D eigenvalue weighted by molar-refractivity contribution is -0.311. The maximum atomic E-state index is 6.75. The summed E-state index contributed by atoms with van der Waals surface area (Å²) in [5.41, 5.74) is 3.69. The van der Waals surface area contributed by atoms with E-state index < -0.39 is 39.3 Å². The van der Waals surface area contributed by atoms with Gasteiger partial charge < -0.3 is 32.7 Å². The Hall–Kier alpha value is -1.85. The fraction of sp³-hybridized carbons (Fsp3) is 0.368. The van der Waals surface area contributed by atoms with Crippen LogP contribution in [0, 0.1) is 0 Å². The molecule has 4 aromatic rings. The second-order valence-electron chi connectivity index (χ2n) is 11.6. The van der Waals surface area contributed by atoms with Gasteiger partial charge in [-0.1, -0.05) is 94.9 Å². The standard InChI is InChI=1S/C38H41Cl4O8P/c1-3-47-51(48-4-2)50-38-37(46-24-29-11-19-33(42)20-12-29)36(45-23-28-9-17-32(41)18-10-28)35(44-22-27-7-15-31(40)16-8-27)34(49-38)25-43-21-26-5-13-30(39)14-6-26/h5-20,34-38H,3-4,21-25H2,1-2H3/t34-,35-,36+,37-,38?/m1/s1. The highest BCUT2D eigenvalue weighted by molar-refractivity contribution is 7.41. The van der Waals surface area contributed by atoms with Crippen molar-refractivity contribution >= 4 is 55.0 Å². The molecule has 1 aliphatic rings. The van der Waals surface area contributed by atoms with Crippen molar-refractivity contribution in [2.24, 2.45) is 0 Å². The van der Waals surface area contributed by atoms with Crippen molar-refractivity contribution in [3.05, 3.63) is 139 Å². The topological polar surface area (TPSA) is 73.8 Å². The third-order valence-corrected chi connectivity index (χ3v) is 10.1. The molecule has 0 bridgehead atoms. The summed E-state index contributed by atoms with van der Waals surface area (Å²) >= 11 is 24.7. The van der Waals surface area contributed by atoms with E-state index in [1.165, 1.54) is 0 Å². The summed E-state index contributed by atoms with van der Waals surface area (Å²) in [4.78, 5) is 0. The first-order valence-electron chi connectivity index (χ1n) is 16.6. The largest absolute Gasteiger partial charge is 0.374 e. The zero-order chi connectivity index (χ0) is 36.0. The molecule has 0 saturated carbocycles. The van der Waals surface area contributed by atoms with Gasteiger partial charge in [0, 0.05) is 20.1 Å². The summed E-state index contributed by atoms with van der Waals surface area (Å²) in [5, 5.41) is 2.54. The molecule has 1 unspecified atom stereocenters. The van der Waals surface area contributed by atoms with E-state index in [1.807, 2.05) is 111 Å². The zero-order valence-corrected chi connectivity index (χ0v) is 32.2. The minimum absolute atomic E-state index is 0.152. The number of rotatable bonds is 19. The molecular weight excluding hydrogens is 757 g/mol. The Morgan fingerprint density at radius 3 is 1.29 bits per heavy atom. The molecule has 0 N–H and O–H groups in total. The summed E-state index contributed by atoms with van der Waals surface area (Å²) in [6.45, 7) is 5.69. The van der Waals surface area contributed by atoms with E-state index in [0.717, 1.165) is 22.3 Å². The normalized spacial score (nSPS) is 20.6. The van der Waals surface area contributed by atoms with Crippen molar-refractivity contribution in [3.63, 3.8) is 0 Å². The highest BCUT2D eigenvalue weighted by Crippen LogP contribution is 2.44. The van der Waals surface area contributed by atoms with Crippen LogP contribution in [0.1, 0.15) is 36.1 Å². The van der Waals surface area contributed by atoms with Gasteiger partial charge in [0.25, 0.3) is 0 Å². The first kappa shape index (κ1) is 40.3. The number of ether oxygens (including phenoxy) is 5. The molecule has 0 spiro atoms. The molecule has 0 radical (unpaired) electrons. The van der Waals surface area contributed by atoms with Gasteiger partial charge in [0.05, 0.1) is 46.2 Å². The highest BCUT2D eigenvalue weighted by Gasteiger charge is 2.50. The van der Waals surface area contributed by atoms with Crippen molar-refractivity contribution in [1.29, 1.82) is 0 Å². The van der Waals surface area contributed by atoms with Crippen LogP contribution < -0.4 is 0 Å². The van der Waals surface area contributed by atoms with E-state index in [1.54, 1.807) is 0 Å². The molecule has 1 heterocycles. The van der Waals surface area contributed by atoms with E-state index in [4.69, 9.17) is 83.7 Å². The predicted molar refractivity (Wildman–Crippen MR) is 201 cm³/mol. The van der Waals surface area contributed by atoms with Gasteiger partial charge in [-0.25, -0.2) is 0 Å². The monoisotopic (exact) mass is 796 g/mol. The maximum Gasteiger partial charge on any atom is 0.335 e. The van der Waals surface area contributed by atoms with E-state index in [-0.39, 0.29) is 26.4 Å². The second kappa shape index (κ2) is 21.1. The second-order valence-corrected chi connectivity index (χ2v) is 14.5. The molecule has 5 atom stereocenters. The van der Waals surface area contributed by atoms with Crippen molar-refractivity contribution in [1.82, 2.24) is 0 Å². The van der Waals surface area contributed by atoms with Gasteiger partial charge >= 0.3 is 8.60 Å². The average Bonchev–Trinajstić information content (AvgIpc) is 3.13. The Morgan fingerprint density at radius 2 is 0.882 bits per heavy atom. The van der Waals surface area contributed by atoms with Crippen molar-refractivity contribution in [3.8, 4) is 0 Å². The Labute approximate surface area is 321 Å². The molecular formula is C38H41Cl4O8P. The molecule has 13 heteroatoms. The molecule has 0 amide bonds. The Bertz CT molecular complexity index is 1580. The molecule has 274 valence electrons. The predicted octanol–water partition coefficient (Wildman–Crippen LogP) is 10.6. The molecule has 1 saturated heterocycles. The first-order valence-corrected chi connectivity index (χ1v) is 19.2. The van der Waals surface area contributed by atoms with Crippen molar-refractivity contribution in [2.45, 2.75) is 71.0 Å². The van der Waals surface area contributed by atoms with Crippen molar-refractivity contribution < 1.29 is 37.3 Å². The molecule has 0 aromatic heterocycles. The Balaban J connectivity index is 1.48. The molecule has 0 aliphatic carbocycles. The van der Waals surface area contributed by atoms with Gasteiger partial charge in [0.2, 0.25) is 0 Å². The van der Waals surface area contributed by atoms with E-state index >= 15 is 0 Å². The first-order chi connectivity index (χ1) is 24.8. The minimum atomic E-state index is -1.79. The van der Waals surface area contributed by atoms with Crippen LogP contribution in [0.5, 0.6) is 0 Å². The van der Waals surface area contributed by atoms with E-state index in [2.05, 4.69) is 0 Å². The lowest BCUT2D eigenvalue weighted by atomic mass is 9.98. The average molecular weight is 799 g/mol. The fourth-order valence-corrected chi connectivity index (χ4v) is 6.71. The minimum Gasteiger partial charge on any atom is -0.374 e. The van der Waals surface area contributed by atoms with Crippen LogP contribution in [-0.2, 0) is 63.7 Å². The van der Waals surface area contributed by atoms with Crippen LogP contribution in [0.2, 0.25) is 20.1 Å². The number of benzene rings is 4. The molecule has 51 heavy (non-hydrogen) atoms. The summed E-state index contributed by atoms with van der Waals surface area (Å²) < 4.78 is 51.1. The third-order valence-electron chi connectivity index (χ3n) is 7.78. The quantitative estimate of drug-likeness (QED) is 0.0869. The van der Waals surface area contributed by atoms with Crippen molar-refractivity contribution in [2.75, 3.05) is 19.8 Å². The van der Waals surface area contributed by atoms with E-state index in [0.29, 0.717) is 39.9 Å². The third kappa shape index (κ3) is 12.9. The van der Waals surface area contributed by atoms with Crippen LogP contribution in [-0.4, -0.2) is 50.5 Å². The number of halogens is 4. The van der Waals surface area contributed by atoms with Crippen LogP contribution >= 0.6 is 55.0 Å². The zero-order valence-electron chi connectivity index (χ0n) is 28.3. The van der Waals surface area contributed by atoms with Gasteiger partial charge in [-0.3, -0.25) is 4.52 Å². The van der Waals surface area contributed by atoms with Gasteiger partial charge in [0.1, 0.15) is 24.4 Å². The van der Waals surface area contributed by atoms with Gasteiger partial charge in [-0.15, -0.1) is 0 Å². The summed E-state index contributed by atoms with van der Waals surface area (Å²) in [6.07, 6.45) is -3.79. The molecule has 8 nitrogen and oxygen atoms in total. The highest BCUT2D eigenvalue weighted by atomic mass is 35.5. The summed E-state index contributed by atoms with van der Waals surface area (Å²) in [7, 11) is -1.79. The van der Waals surface area contributed by atoms with E-state index in [9.17, 15) is 0 Å². The van der Waals surface area contributed by atoms with Gasteiger partial charge in [-0.2, -0.15) is 0 Å². The molecule has 1 aliphatic heterocycles. The number of hydrogen-bond donors (Lipinski definition) is 0. The lowest BCUT2D eigenvalue weighted by Gasteiger charge is -2.46. The van der Waals surface area contributed by atoms with Gasteiger partial charge in [-0.05, 0) is 84.6 Å². The van der Waals surface area contributed by atoms with Crippen LogP contribution in [0.15, 0.2) is 97.1 Å². The molecule has 5 rings (SSSR count). The fourth-order valence-electron chi connectivity index (χ4n) is 5.25. The van der Waals surface area contributed by atoms with Crippen LogP contribution in [0.3, 0.4) is 0 Å². The summed E-state index contributed by atoms with van der Waals surface area (Å²) in [6, 6.07) is 29.9. The maximum absolute atomic E-state index is 6.75. The Kier molecular flexibility index (Phi) is 16.7. The lowest BCUT2D eigenvalue weighted by Crippen LogP contribution is -2.61. The number of hydrogen-bond acceptors (Lipinski definition) is 8. The summed E-state index contributed by atoms with van der Waals surface area (Å²) in [5.74, 6) is 0.